The molecule has 2 N–H and O–H groups in total. The lowest BCUT2D eigenvalue weighted by atomic mass is 10.3. The molecule has 0 aliphatic rings. The highest BCUT2D eigenvalue weighted by atomic mass is 32.2. The van der Waals surface area contributed by atoms with E-state index < -0.39 is 21.1 Å². The number of nitrogens with zero attached hydrogens (tertiary/aromatic N) is 2. The molecule has 0 saturated heterocycles. The summed E-state index contributed by atoms with van der Waals surface area (Å²) in [7, 11) is -4.05. The van der Waals surface area contributed by atoms with E-state index in [9.17, 15) is 18.0 Å². The van der Waals surface area contributed by atoms with Gasteiger partial charge in [-0.1, -0.05) is 6.07 Å². The highest BCUT2D eigenvalue weighted by molar-refractivity contribution is 7.89. The summed E-state index contributed by atoms with van der Waals surface area (Å²) in [6.07, 6.45) is 0. The number of aromatic nitrogens is 2. The van der Waals surface area contributed by atoms with Crippen molar-refractivity contribution >= 4 is 21.6 Å². The topological polar surface area (TPSA) is 134 Å². The Labute approximate surface area is 141 Å². The Morgan fingerprint density at radius 2 is 2.08 bits per heavy atom. The SMILES string of the molecule is Cc1cccc2nc(COC(=O)c3ccc(S(N)(=O)=O)o3)cc(=O)n12. The summed E-state index contributed by atoms with van der Waals surface area (Å²) in [5, 5.41) is 4.35. The van der Waals surface area contributed by atoms with Crippen LogP contribution in [0.2, 0.25) is 0 Å². The van der Waals surface area contributed by atoms with Crippen molar-refractivity contribution in [3.63, 3.8) is 0 Å². The van der Waals surface area contributed by atoms with E-state index in [-0.39, 0.29) is 23.6 Å². The second-order valence-corrected chi connectivity index (χ2v) is 6.68. The van der Waals surface area contributed by atoms with Crippen molar-refractivity contribution in [1.82, 2.24) is 9.38 Å². The Morgan fingerprint density at radius 1 is 1.32 bits per heavy atom. The maximum absolute atomic E-state index is 12.1. The number of carbonyl (C=O) groups is 1. The largest absolute Gasteiger partial charge is 0.453 e. The number of aryl methyl sites for hydroxylation is 1. The third kappa shape index (κ3) is 3.44. The molecule has 0 aliphatic heterocycles. The van der Waals surface area contributed by atoms with Crippen molar-refractivity contribution in [2.75, 3.05) is 0 Å². The second-order valence-electron chi connectivity index (χ2n) is 5.19. The minimum Gasteiger partial charge on any atom is -0.453 e. The normalized spacial score (nSPS) is 11.6. The predicted molar refractivity (Wildman–Crippen MR) is 85.4 cm³/mol. The van der Waals surface area contributed by atoms with Gasteiger partial charge in [-0.2, -0.15) is 0 Å². The molecule has 0 fully saturated rings. The van der Waals surface area contributed by atoms with Crippen LogP contribution in [0, 0.1) is 6.92 Å². The number of furan rings is 1. The molecule has 0 amide bonds. The third-order valence-corrected chi connectivity index (χ3v) is 4.13. The number of sulfonamides is 1. The number of ether oxygens (including phenoxy) is 1. The van der Waals surface area contributed by atoms with Crippen molar-refractivity contribution < 1.29 is 22.4 Å². The van der Waals surface area contributed by atoms with Gasteiger partial charge in [0.1, 0.15) is 12.3 Å². The van der Waals surface area contributed by atoms with Gasteiger partial charge in [-0.3, -0.25) is 9.20 Å². The minimum absolute atomic E-state index is 0.252. The molecule has 3 rings (SSSR count). The van der Waals surface area contributed by atoms with Gasteiger partial charge in [0.05, 0.1) is 5.69 Å². The Hall–Kier alpha value is -2.98. The zero-order chi connectivity index (χ0) is 18.2. The van der Waals surface area contributed by atoms with Crippen LogP contribution in [0.1, 0.15) is 21.9 Å². The molecule has 3 aromatic rings. The molecule has 0 radical (unpaired) electrons. The van der Waals surface area contributed by atoms with E-state index >= 15 is 0 Å². The van der Waals surface area contributed by atoms with E-state index in [4.69, 9.17) is 14.3 Å². The van der Waals surface area contributed by atoms with Gasteiger partial charge in [0.25, 0.3) is 15.6 Å². The summed E-state index contributed by atoms with van der Waals surface area (Å²) >= 11 is 0. The first-order valence-corrected chi connectivity index (χ1v) is 8.58. The second kappa shape index (κ2) is 6.15. The van der Waals surface area contributed by atoms with Gasteiger partial charge in [0, 0.05) is 11.8 Å². The molecule has 9 nitrogen and oxygen atoms in total. The van der Waals surface area contributed by atoms with Crippen LogP contribution in [-0.4, -0.2) is 23.8 Å². The Morgan fingerprint density at radius 3 is 2.76 bits per heavy atom. The van der Waals surface area contributed by atoms with Crippen LogP contribution >= 0.6 is 0 Å². The van der Waals surface area contributed by atoms with E-state index in [1.807, 2.05) is 0 Å². The maximum Gasteiger partial charge on any atom is 0.374 e. The number of rotatable bonds is 4. The zero-order valence-corrected chi connectivity index (χ0v) is 13.8. The van der Waals surface area contributed by atoms with Gasteiger partial charge < -0.3 is 9.15 Å². The molecule has 25 heavy (non-hydrogen) atoms. The van der Waals surface area contributed by atoms with Crippen LogP contribution in [0.25, 0.3) is 5.65 Å². The standard InChI is InChI=1S/C15H13N3O6S/c1-9-3-2-4-12-17-10(7-13(19)18(9)12)8-23-15(20)11-5-6-14(24-11)25(16,21)22/h2-7H,8H2,1H3,(H2,16,21,22). The fraction of sp³-hybridized carbons (Fsp3) is 0.133. The van der Waals surface area contributed by atoms with E-state index in [1.54, 1.807) is 25.1 Å². The van der Waals surface area contributed by atoms with E-state index in [1.165, 1.54) is 10.5 Å². The summed E-state index contributed by atoms with van der Waals surface area (Å²) in [5.74, 6) is -1.22. The molecule has 3 heterocycles. The minimum atomic E-state index is -4.05. The highest BCUT2D eigenvalue weighted by Gasteiger charge is 2.19. The lowest BCUT2D eigenvalue weighted by Crippen LogP contribution is -2.18. The fourth-order valence-corrected chi connectivity index (χ4v) is 2.69. The molecule has 10 heteroatoms. The van der Waals surface area contributed by atoms with Crippen LogP contribution in [-0.2, 0) is 21.4 Å². The van der Waals surface area contributed by atoms with Crippen LogP contribution in [0.4, 0.5) is 0 Å². The molecule has 0 atom stereocenters. The fourth-order valence-electron chi connectivity index (χ4n) is 2.23. The molecule has 0 aliphatic carbocycles. The average molecular weight is 363 g/mol. The molecule has 0 unspecified atom stereocenters. The van der Waals surface area contributed by atoms with Gasteiger partial charge >= 0.3 is 5.97 Å². The van der Waals surface area contributed by atoms with Gasteiger partial charge in [0.2, 0.25) is 10.9 Å². The summed E-state index contributed by atoms with van der Waals surface area (Å²) in [4.78, 5) is 28.3. The van der Waals surface area contributed by atoms with E-state index in [0.717, 1.165) is 17.8 Å². The van der Waals surface area contributed by atoms with Crippen LogP contribution in [0.15, 0.2) is 50.7 Å². The summed E-state index contributed by atoms with van der Waals surface area (Å²) in [5.41, 5.74) is 1.10. The van der Waals surface area contributed by atoms with E-state index in [2.05, 4.69) is 4.98 Å². The number of carbonyl (C=O) groups excluding carboxylic acids is 1. The van der Waals surface area contributed by atoms with Gasteiger partial charge in [-0.25, -0.2) is 23.3 Å². The molecule has 0 spiro atoms. The average Bonchev–Trinajstić information content (AvgIpc) is 3.02. The molecular formula is C15H13N3O6S. The van der Waals surface area contributed by atoms with Crippen molar-refractivity contribution in [2.45, 2.75) is 18.6 Å². The Bertz CT molecular complexity index is 1130. The molecule has 3 aromatic heterocycles. The van der Waals surface area contributed by atoms with Crippen LogP contribution < -0.4 is 10.7 Å². The number of primary sulfonamides is 1. The maximum atomic E-state index is 12.1. The molecule has 0 saturated carbocycles. The molecular weight excluding hydrogens is 350 g/mol. The summed E-state index contributed by atoms with van der Waals surface area (Å²) < 4.78 is 33.5. The number of pyridine rings is 1. The third-order valence-electron chi connectivity index (χ3n) is 3.35. The first-order chi connectivity index (χ1) is 11.8. The Balaban J connectivity index is 1.80. The van der Waals surface area contributed by atoms with Crippen molar-refractivity contribution in [1.29, 1.82) is 0 Å². The number of fused-ring (bicyclic) bond motifs is 1. The van der Waals surface area contributed by atoms with Crippen LogP contribution in [0.5, 0.6) is 0 Å². The quantitative estimate of drug-likeness (QED) is 0.671. The van der Waals surface area contributed by atoms with E-state index in [0.29, 0.717) is 5.65 Å². The molecule has 0 aromatic carbocycles. The monoisotopic (exact) mass is 363 g/mol. The van der Waals surface area contributed by atoms with Crippen molar-refractivity contribution in [2.24, 2.45) is 5.14 Å². The molecule has 130 valence electrons. The first-order valence-electron chi connectivity index (χ1n) is 7.04. The highest BCUT2D eigenvalue weighted by Crippen LogP contribution is 2.14. The van der Waals surface area contributed by atoms with Crippen molar-refractivity contribution in [3.05, 3.63) is 63.9 Å². The Kier molecular flexibility index (Phi) is 4.15. The summed E-state index contributed by atoms with van der Waals surface area (Å²) in [6, 6.07) is 8.62. The summed E-state index contributed by atoms with van der Waals surface area (Å²) in [6.45, 7) is 1.50. The number of hydrogen-bond acceptors (Lipinski definition) is 7. The predicted octanol–water partition coefficient (Wildman–Crippen LogP) is 0.600. The first kappa shape index (κ1) is 16.9. The smallest absolute Gasteiger partial charge is 0.374 e. The number of hydrogen-bond donors (Lipinski definition) is 1. The lowest BCUT2D eigenvalue weighted by molar-refractivity contribution is 0.0425. The van der Waals surface area contributed by atoms with Crippen molar-refractivity contribution in [3.8, 4) is 0 Å². The number of esters is 1. The van der Waals surface area contributed by atoms with Gasteiger partial charge in [-0.05, 0) is 31.2 Å². The zero-order valence-electron chi connectivity index (χ0n) is 13.0. The van der Waals surface area contributed by atoms with Crippen LogP contribution in [0.3, 0.4) is 0 Å². The van der Waals surface area contributed by atoms with Gasteiger partial charge in [0.15, 0.2) is 0 Å². The number of nitrogens with two attached hydrogens (primary N) is 1. The lowest BCUT2D eigenvalue weighted by Gasteiger charge is -2.06. The van der Waals surface area contributed by atoms with Gasteiger partial charge in [-0.15, -0.1) is 0 Å². The molecule has 0 bridgehead atoms.